The monoisotopic (exact) mass is 724 g/mol. The van der Waals surface area contributed by atoms with Crippen molar-refractivity contribution in [2.75, 3.05) is 18.9 Å². The van der Waals surface area contributed by atoms with Crippen molar-refractivity contribution in [2.24, 2.45) is 0 Å². The fourth-order valence-electron chi connectivity index (χ4n) is 8.06. The number of nitrogens with one attached hydrogen (secondary N) is 3. The molecular formula is C42H44N8O4. The zero-order valence-electron chi connectivity index (χ0n) is 30.5. The largest absolute Gasteiger partial charge is 0.357 e. The minimum Gasteiger partial charge on any atom is -0.357 e. The number of imide groups is 1. The van der Waals surface area contributed by atoms with Gasteiger partial charge in [0.25, 0.3) is 11.8 Å². The third kappa shape index (κ3) is 7.24. The van der Waals surface area contributed by atoms with Gasteiger partial charge in [-0.05, 0) is 87.7 Å². The molecule has 276 valence electrons. The van der Waals surface area contributed by atoms with Crippen LogP contribution in [0, 0.1) is 11.8 Å². The number of fused-ring (bicyclic) bond motifs is 3. The van der Waals surface area contributed by atoms with E-state index in [9.17, 15) is 19.2 Å². The molecule has 54 heavy (non-hydrogen) atoms. The number of anilines is 1. The lowest BCUT2D eigenvalue weighted by molar-refractivity contribution is -0.136. The van der Waals surface area contributed by atoms with Crippen LogP contribution in [-0.4, -0.2) is 72.8 Å². The van der Waals surface area contributed by atoms with Crippen LogP contribution in [0.4, 0.5) is 5.82 Å². The van der Waals surface area contributed by atoms with Crippen molar-refractivity contribution < 1.29 is 19.2 Å². The van der Waals surface area contributed by atoms with Gasteiger partial charge < -0.3 is 15.2 Å². The second-order valence-corrected chi connectivity index (χ2v) is 14.7. The van der Waals surface area contributed by atoms with Crippen molar-refractivity contribution in [3.63, 3.8) is 0 Å². The number of benzene rings is 2. The molecule has 1 unspecified atom stereocenters. The summed E-state index contributed by atoms with van der Waals surface area (Å²) in [6.07, 6.45) is 12.6. The van der Waals surface area contributed by atoms with Crippen LogP contribution in [0.15, 0.2) is 60.9 Å². The smallest absolute Gasteiger partial charge is 0.256 e. The van der Waals surface area contributed by atoms with Gasteiger partial charge in [0.2, 0.25) is 11.8 Å². The quantitative estimate of drug-likeness (QED) is 0.0850. The molecule has 2 aromatic carbocycles. The van der Waals surface area contributed by atoms with E-state index in [1.807, 2.05) is 53.5 Å². The number of aromatic amines is 1. The molecule has 2 atom stereocenters. The van der Waals surface area contributed by atoms with Crippen molar-refractivity contribution in [1.82, 2.24) is 34.9 Å². The maximum Gasteiger partial charge on any atom is 0.256 e. The Bertz CT molecular complexity index is 2330. The number of likely N-dealkylation sites (tertiary alicyclic amines) is 1. The molecule has 3 aliphatic rings. The Morgan fingerprint density at radius 1 is 0.963 bits per heavy atom. The average Bonchev–Trinajstić information content (AvgIpc) is 3.96. The molecule has 12 nitrogen and oxygen atoms in total. The van der Waals surface area contributed by atoms with Crippen LogP contribution in [0.25, 0.3) is 21.8 Å². The number of unbranched alkanes of at least 4 members (excludes halogenated alkanes) is 5. The summed E-state index contributed by atoms with van der Waals surface area (Å²) in [4.78, 5) is 62.2. The number of amides is 4. The Labute approximate surface area is 313 Å². The summed E-state index contributed by atoms with van der Waals surface area (Å²) in [5.74, 6) is 5.97. The molecule has 2 fully saturated rings. The number of hydrogen-bond acceptors (Lipinski definition) is 7. The van der Waals surface area contributed by atoms with Crippen molar-refractivity contribution in [3.05, 3.63) is 88.9 Å². The highest BCUT2D eigenvalue weighted by atomic mass is 16.2. The second kappa shape index (κ2) is 15.3. The lowest BCUT2D eigenvalue weighted by Gasteiger charge is -2.29. The Morgan fingerprint density at radius 2 is 1.83 bits per heavy atom. The Kier molecular flexibility index (Phi) is 9.97. The lowest BCUT2D eigenvalue weighted by Crippen LogP contribution is -2.52. The molecule has 3 aliphatic heterocycles. The van der Waals surface area contributed by atoms with Gasteiger partial charge >= 0.3 is 0 Å². The first-order chi connectivity index (χ1) is 26.3. The van der Waals surface area contributed by atoms with Gasteiger partial charge in [0.1, 0.15) is 11.9 Å². The molecule has 8 rings (SSSR count). The molecule has 0 radical (unpaired) electrons. The predicted molar refractivity (Wildman–Crippen MR) is 205 cm³/mol. The van der Waals surface area contributed by atoms with Gasteiger partial charge in [0.15, 0.2) is 0 Å². The van der Waals surface area contributed by atoms with E-state index in [4.69, 9.17) is 0 Å². The van der Waals surface area contributed by atoms with E-state index < -0.39 is 11.9 Å². The van der Waals surface area contributed by atoms with Gasteiger partial charge in [-0.2, -0.15) is 5.10 Å². The molecule has 12 heteroatoms. The van der Waals surface area contributed by atoms with E-state index in [1.54, 1.807) is 11.0 Å². The van der Waals surface area contributed by atoms with Gasteiger partial charge in [0.05, 0.1) is 17.2 Å². The molecule has 5 aromatic rings. The summed E-state index contributed by atoms with van der Waals surface area (Å²) >= 11 is 0. The topological polar surface area (TPSA) is 145 Å². The zero-order chi connectivity index (χ0) is 37.2. The molecule has 0 aliphatic carbocycles. The first-order valence-electron chi connectivity index (χ1n) is 19.0. The van der Waals surface area contributed by atoms with Crippen LogP contribution in [0.2, 0.25) is 0 Å². The van der Waals surface area contributed by atoms with E-state index in [0.717, 1.165) is 91.0 Å². The van der Waals surface area contributed by atoms with Crippen LogP contribution >= 0.6 is 0 Å². The third-order valence-corrected chi connectivity index (χ3v) is 11.0. The van der Waals surface area contributed by atoms with Gasteiger partial charge in [-0.25, -0.2) is 4.98 Å². The maximum atomic E-state index is 13.2. The molecule has 3 N–H and O–H groups in total. The van der Waals surface area contributed by atoms with E-state index in [1.165, 1.54) is 12.1 Å². The number of nitrogens with zero attached hydrogens (tertiary/aromatic N) is 5. The van der Waals surface area contributed by atoms with Crippen molar-refractivity contribution >= 4 is 51.3 Å². The fraction of sp³-hybridized carbons (Fsp3) is 0.381. The van der Waals surface area contributed by atoms with E-state index >= 15 is 0 Å². The standard InChI is InChI=1S/C42H44N8O4/c1-48-19-10-14-36(48)34-22-29-24-43-38(23-33(29)45-34)46-40(52)28-15-16-35-30(21-28)25-44-50(35)20-8-6-4-2-3-5-7-11-27-12-9-13-31-32(27)26-49(42(31)54)37-17-18-39(51)47-41(37)53/h9,12-13,15-16,21-25,36-37,45H,2-6,8,10,14,17-20,26H2,1H3,(H,43,46,52)(H,47,51,53)/t36-,37?/m1/s1. The van der Waals surface area contributed by atoms with Crippen LogP contribution < -0.4 is 10.6 Å². The minimum atomic E-state index is -0.630. The van der Waals surface area contributed by atoms with Gasteiger partial charge in [-0.1, -0.05) is 37.2 Å². The Hall–Kier alpha value is -5.80. The Morgan fingerprint density at radius 3 is 2.69 bits per heavy atom. The summed E-state index contributed by atoms with van der Waals surface area (Å²) in [5.41, 5.74) is 5.99. The molecular weight excluding hydrogens is 681 g/mol. The summed E-state index contributed by atoms with van der Waals surface area (Å²) in [6.45, 7) is 2.24. The summed E-state index contributed by atoms with van der Waals surface area (Å²) in [5, 5.41) is 11.9. The molecule has 4 amide bonds. The molecule has 2 saturated heterocycles. The number of aryl methyl sites for hydroxylation is 1. The summed E-state index contributed by atoms with van der Waals surface area (Å²) < 4.78 is 2.01. The number of H-pyrrole nitrogens is 1. The van der Waals surface area contributed by atoms with Crippen LogP contribution in [0.5, 0.6) is 0 Å². The predicted octanol–water partition coefficient (Wildman–Crippen LogP) is 6.08. The highest BCUT2D eigenvalue weighted by Gasteiger charge is 2.39. The van der Waals surface area contributed by atoms with E-state index in [-0.39, 0.29) is 24.1 Å². The van der Waals surface area contributed by atoms with Crippen molar-refractivity contribution in [3.8, 4) is 11.8 Å². The first kappa shape index (κ1) is 35.2. The maximum absolute atomic E-state index is 13.2. The van der Waals surface area contributed by atoms with Gasteiger partial charge in [0, 0.05) is 77.4 Å². The highest BCUT2D eigenvalue weighted by molar-refractivity contribution is 6.07. The number of carbonyl (C=O) groups is 4. The number of piperidine rings is 1. The van der Waals surface area contributed by atoms with Crippen LogP contribution in [0.3, 0.4) is 0 Å². The van der Waals surface area contributed by atoms with Crippen LogP contribution in [-0.2, 0) is 22.7 Å². The lowest BCUT2D eigenvalue weighted by atomic mass is 10.0. The highest BCUT2D eigenvalue weighted by Crippen LogP contribution is 2.32. The molecule has 0 saturated carbocycles. The number of hydrogen-bond donors (Lipinski definition) is 3. The van der Waals surface area contributed by atoms with Crippen LogP contribution in [0.1, 0.15) is 108 Å². The van der Waals surface area contributed by atoms with E-state index in [2.05, 4.69) is 55.6 Å². The third-order valence-electron chi connectivity index (χ3n) is 11.0. The number of carbonyl (C=O) groups excluding carboxylic acids is 4. The van der Waals surface area contributed by atoms with Gasteiger partial charge in [-0.15, -0.1) is 0 Å². The average molecular weight is 725 g/mol. The summed E-state index contributed by atoms with van der Waals surface area (Å²) in [6, 6.07) is 15.1. The van der Waals surface area contributed by atoms with E-state index in [0.29, 0.717) is 36.0 Å². The number of aromatic nitrogens is 4. The second-order valence-electron chi connectivity index (χ2n) is 14.7. The van der Waals surface area contributed by atoms with Crippen molar-refractivity contribution in [2.45, 2.75) is 89.4 Å². The zero-order valence-corrected chi connectivity index (χ0v) is 30.5. The molecule has 6 heterocycles. The number of pyridine rings is 1. The minimum absolute atomic E-state index is 0.181. The fourth-order valence-corrected chi connectivity index (χ4v) is 8.06. The first-order valence-corrected chi connectivity index (χ1v) is 19.0. The normalized spacial score (nSPS) is 18.6. The number of rotatable bonds is 11. The molecule has 0 bridgehead atoms. The Balaban J connectivity index is 0.777. The summed E-state index contributed by atoms with van der Waals surface area (Å²) in [7, 11) is 2.16. The van der Waals surface area contributed by atoms with Crippen molar-refractivity contribution in [1.29, 1.82) is 0 Å². The van der Waals surface area contributed by atoms with Gasteiger partial charge in [-0.3, -0.25) is 34.1 Å². The molecule has 0 spiro atoms. The SMILES string of the molecule is CN1CCC[C@@H]1c1cc2cnc(NC(=O)c3ccc4c(cnn4CCCCCCCC#Cc4cccc5c4CN(C4CCC(=O)NC4=O)C5=O)c3)cc2[nH]1. The molecule has 3 aromatic heterocycles.